The molecule has 2 rings (SSSR count). The van der Waals surface area contributed by atoms with Crippen LogP contribution >= 0.6 is 0 Å². The number of nitrogens with zero attached hydrogens (tertiary/aromatic N) is 3. The molecule has 0 fully saturated rings. The molecule has 0 aliphatic carbocycles. The van der Waals surface area contributed by atoms with Crippen molar-refractivity contribution < 1.29 is 4.84 Å². The van der Waals surface area contributed by atoms with Crippen LogP contribution in [0.5, 0.6) is 0 Å². The summed E-state index contributed by atoms with van der Waals surface area (Å²) >= 11 is 0. The summed E-state index contributed by atoms with van der Waals surface area (Å²) in [7, 11) is 0. The molecule has 2 aromatic rings. The first kappa shape index (κ1) is 10.3. The van der Waals surface area contributed by atoms with Crippen molar-refractivity contribution in [3.8, 4) is 11.4 Å². The highest BCUT2D eigenvalue weighted by atomic mass is 16.6. The summed E-state index contributed by atoms with van der Waals surface area (Å²) in [6.45, 7) is 3.57. The molecule has 0 atom stereocenters. The first-order valence-electron chi connectivity index (χ1n) is 4.84. The summed E-state index contributed by atoms with van der Waals surface area (Å²) in [5.74, 6) is 0.705. The third-order valence-corrected chi connectivity index (χ3v) is 2.06. The van der Waals surface area contributed by atoms with Crippen molar-refractivity contribution in [3.63, 3.8) is 0 Å². The lowest BCUT2D eigenvalue weighted by molar-refractivity contribution is 0.132. The Bertz CT molecular complexity index is 453. The summed E-state index contributed by atoms with van der Waals surface area (Å²) in [4.78, 5) is 13.3. The molecule has 16 heavy (non-hydrogen) atoms. The van der Waals surface area contributed by atoms with E-state index in [0.29, 0.717) is 12.4 Å². The minimum Gasteiger partial charge on any atom is -0.391 e. The summed E-state index contributed by atoms with van der Waals surface area (Å²) in [5, 5.41) is 3.31. The molecule has 0 bridgehead atoms. The third-order valence-electron chi connectivity index (χ3n) is 2.06. The Labute approximate surface area is 93.6 Å². The van der Waals surface area contributed by atoms with Crippen LogP contribution in [0.3, 0.4) is 0 Å². The number of rotatable bonds is 4. The second kappa shape index (κ2) is 5.02. The molecule has 0 unspecified atom stereocenters. The van der Waals surface area contributed by atoms with Crippen LogP contribution in [0.4, 0.5) is 0 Å². The van der Waals surface area contributed by atoms with Crippen LogP contribution in [-0.2, 0) is 11.4 Å². The van der Waals surface area contributed by atoms with Gasteiger partial charge in [0.25, 0.3) is 0 Å². The SMILES string of the molecule is C=NOCc1cnc(-c2ccccc2)nc1. The Hall–Kier alpha value is -2.23. The third kappa shape index (κ3) is 2.42. The lowest BCUT2D eigenvalue weighted by Gasteiger charge is -2.01. The van der Waals surface area contributed by atoms with Crippen LogP contribution in [0.2, 0.25) is 0 Å². The largest absolute Gasteiger partial charge is 0.391 e. The second-order valence-electron chi connectivity index (χ2n) is 3.18. The van der Waals surface area contributed by atoms with Gasteiger partial charge in [-0.15, -0.1) is 5.16 Å². The Kier molecular flexibility index (Phi) is 3.23. The van der Waals surface area contributed by atoms with Gasteiger partial charge in [-0.1, -0.05) is 30.3 Å². The predicted molar refractivity (Wildman–Crippen MR) is 61.8 cm³/mol. The van der Waals surface area contributed by atoms with Gasteiger partial charge in [-0.2, -0.15) is 0 Å². The van der Waals surface area contributed by atoms with Gasteiger partial charge in [0.05, 0.1) is 0 Å². The number of aromatic nitrogens is 2. The molecule has 4 heteroatoms. The van der Waals surface area contributed by atoms with Gasteiger partial charge in [-0.25, -0.2) is 9.97 Å². The van der Waals surface area contributed by atoms with Crippen LogP contribution in [-0.4, -0.2) is 16.7 Å². The highest BCUT2D eigenvalue weighted by Crippen LogP contribution is 2.13. The van der Waals surface area contributed by atoms with Crippen molar-refractivity contribution in [1.29, 1.82) is 0 Å². The van der Waals surface area contributed by atoms with Crippen LogP contribution in [0.1, 0.15) is 5.56 Å². The fourth-order valence-electron chi connectivity index (χ4n) is 1.29. The van der Waals surface area contributed by atoms with Crippen molar-refractivity contribution >= 4 is 6.72 Å². The number of benzene rings is 1. The molecule has 1 heterocycles. The van der Waals surface area contributed by atoms with E-state index in [4.69, 9.17) is 4.84 Å². The minimum atomic E-state index is 0.346. The highest BCUT2D eigenvalue weighted by Gasteiger charge is 2.00. The summed E-state index contributed by atoms with van der Waals surface area (Å²) < 4.78 is 0. The van der Waals surface area contributed by atoms with Crippen molar-refractivity contribution in [2.24, 2.45) is 5.16 Å². The maximum Gasteiger partial charge on any atom is 0.159 e. The van der Waals surface area contributed by atoms with Crippen molar-refractivity contribution in [2.45, 2.75) is 6.61 Å². The summed E-state index contributed by atoms with van der Waals surface area (Å²) in [5.41, 5.74) is 1.86. The van der Waals surface area contributed by atoms with E-state index in [1.165, 1.54) is 0 Å². The molecule has 1 aromatic heterocycles. The van der Waals surface area contributed by atoms with Crippen LogP contribution in [0, 0.1) is 0 Å². The average molecular weight is 213 g/mol. The van der Waals surface area contributed by atoms with Gasteiger partial charge in [-0.3, -0.25) is 0 Å². The molecule has 0 saturated heterocycles. The molecule has 0 radical (unpaired) electrons. The lowest BCUT2D eigenvalue weighted by atomic mass is 10.2. The molecule has 0 aliphatic rings. The Morgan fingerprint density at radius 3 is 2.44 bits per heavy atom. The fourth-order valence-corrected chi connectivity index (χ4v) is 1.29. The van der Waals surface area contributed by atoms with E-state index >= 15 is 0 Å². The van der Waals surface area contributed by atoms with E-state index in [0.717, 1.165) is 11.1 Å². The zero-order valence-corrected chi connectivity index (χ0v) is 8.71. The predicted octanol–water partition coefficient (Wildman–Crippen LogP) is 2.28. The van der Waals surface area contributed by atoms with Crippen molar-refractivity contribution in [3.05, 3.63) is 48.3 Å². The van der Waals surface area contributed by atoms with E-state index in [-0.39, 0.29) is 0 Å². The first-order valence-corrected chi connectivity index (χ1v) is 4.84. The quantitative estimate of drug-likeness (QED) is 0.578. The van der Waals surface area contributed by atoms with Gasteiger partial charge in [0, 0.05) is 30.2 Å². The molecule has 1 aromatic carbocycles. The normalized spacial score (nSPS) is 9.75. The standard InChI is InChI=1S/C12H11N3O/c1-13-16-9-10-7-14-12(15-8-10)11-5-3-2-4-6-11/h2-8H,1,9H2. The van der Waals surface area contributed by atoms with Gasteiger partial charge >= 0.3 is 0 Å². The van der Waals surface area contributed by atoms with Crippen LogP contribution in [0.25, 0.3) is 11.4 Å². The Morgan fingerprint density at radius 1 is 1.12 bits per heavy atom. The van der Waals surface area contributed by atoms with Gasteiger partial charge in [0.2, 0.25) is 0 Å². The van der Waals surface area contributed by atoms with Gasteiger partial charge < -0.3 is 4.84 Å². The van der Waals surface area contributed by atoms with E-state index in [2.05, 4.69) is 21.8 Å². The number of hydrogen-bond donors (Lipinski definition) is 0. The van der Waals surface area contributed by atoms with Gasteiger partial charge in [-0.05, 0) is 0 Å². The van der Waals surface area contributed by atoms with E-state index in [1.807, 2.05) is 30.3 Å². The maximum absolute atomic E-state index is 4.80. The molecule has 0 N–H and O–H groups in total. The van der Waals surface area contributed by atoms with E-state index < -0.39 is 0 Å². The minimum absolute atomic E-state index is 0.346. The van der Waals surface area contributed by atoms with Crippen LogP contribution in [0.15, 0.2) is 47.9 Å². The highest BCUT2D eigenvalue weighted by molar-refractivity contribution is 5.53. The molecular weight excluding hydrogens is 202 g/mol. The molecule has 80 valence electrons. The summed E-state index contributed by atoms with van der Waals surface area (Å²) in [6, 6.07) is 9.81. The molecule has 0 spiro atoms. The van der Waals surface area contributed by atoms with Crippen molar-refractivity contribution in [2.75, 3.05) is 0 Å². The number of hydrogen-bond acceptors (Lipinski definition) is 4. The Morgan fingerprint density at radius 2 is 1.81 bits per heavy atom. The second-order valence-corrected chi connectivity index (χ2v) is 3.18. The first-order chi connectivity index (χ1) is 7.90. The molecular formula is C12H11N3O. The molecule has 0 aliphatic heterocycles. The maximum atomic E-state index is 4.80. The van der Waals surface area contributed by atoms with Crippen LogP contribution < -0.4 is 0 Å². The average Bonchev–Trinajstić information content (AvgIpc) is 2.38. The van der Waals surface area contributed by atoms with Gasteiger partial charge in [0.1, 0.15) is 6.61 Å². The van der Waals surface area contributed by atoms with Crippen molar-refractivity contribution in [1.82, 2.24) is 9.97 Å². The number of oxime groups is 1. The molecule has 0 amide bonds. The molecule has 4 nitrogen and oxygen atoms in total. The lowest BCUT2D eigenvalue weighted by Crippen LogP contribution is -1.93. The zero-order chi connectivity index (χ0) is 11.2. The zero-order valence-electron chi connectivity index (χ0n) is 8.71. The smallest absolute Gasteiger partial charge is 0.159 e. The van der Waals surface area contributed by atoms with Gasteiger partial charge in [0.15, 0.2) is 5.82 Å². The molecule has 0 saturated carbocycles. The topological polar surface area (TPSA) is 47.4 Å². The summed E-state index contributed by atoms with van der Waals surface area (Å²) in [6.07, 6.45) is 3.45. The fraction of sp³-hybridized carbons (Fsp3) is 0.0833. The van der Waals surface area contributed by atoms with E-state index in [9.17, 15) is 0 Å². The Balaban J connectivity index is 2.16. The van der Waals surface area contributed by atoms with E-state index in [1.54, 1.807) is 12.4 Å². The monoisotopic (exact) mass is 213 g/mol.